The Labute approximate surface area is 251 Å². The summed E-state index contributed by atoms with van der Waals surface area (Å²) < 4.78 is 69.2. The number of ketones is 2. The zero-order chi connectivity index (χ0) is 34.0. The molecule has 17 heteroatoms. The van der Waals surface area contributed by atoms with Crippen molar-refractivity contribution in [3.05, 3.63) is 108 Å². The van der Waals surface area contributed by atoms with Crippen LogP contribution in [0.25, 0.3) is 0 Å². The molecule has 0 aliphatic carbocycles. The van der Waals surface area contributed by atoms with Gasteiger partial charge in [0.2, 0.25) is 11.6 Å². The van der Waals surface area contributed by atoms with Crippen molar-refractivity contribution >= 4 is 29.1 Å². The number of nitro groups is 2. The van der Waals surface area contributed by atoms with Gasteiger partial charge >= 0.3 is 6.16 Å². The summed E-state index contributed by atoms with van der Waals surface area (Å²) in [6, 6.07) is 7.46. The zero-order valence-electron chi connectivity index (χ0n) is 23.7. The van der Waals surface area contributed by atoms with Crippen LogP contribution in [-0.2, 0) is 29.3 Å². The van der Waals surface area contributed by atoms with Crippen LogP contribution in [0, 0.1) is 43.5 Å². The predicted octanol–water partition coefficient (Wildman–Crippen LogP) is 5.90. The summed E-state index contributed by atoms with van der Waals surface area (Å²) in [5.41, 5.74) is -1.50. The number of aliphatic hydroxyl groups is 1. The molecule has 13 nitrogen and oxygen atoms in total. The van der Waals surface area contributed by atoms with Crippen LogP contribution in [0.5, 0.6) is 5.75 Å². The average Bonchev–Trinajstić information content (AvgIpc) is 3.00. The maximum atomic E-state index is 14.0. The fraction of sp³-hybridized carbons (Fsp3) is 0.250. The topological polar surface area (TPSA) is 185 Å². The SMILES string of the molecule is CC(=O)c1ccc(CO)c([N+](=O)[O-])c1.CCOc1c(F)c(F)c(COC(=O)OCc2ccc(C(C)=O)cc2[N+](=O)[O-])c(F)c1F. The Bertz CT molecular complexity index is 1620. The van der Waals surface area contributed by atoms with Gasteiger partial charge in [0.05, 0.1) is 39.8 Å². The number of aliphatic hydroxyl groups excluding tert-OH is 1. The number of rotatable bonds is 11. The fourth-order valence-electron chi connectivity index (χ4n) is 3.53. The van der Waals surface area contributed by atoms with E-state index < -0.39 is 81.9 Å². The second-order valence-electron chi connectivity index (χ2n) is 8.80. The number of ether oxygens (including phenoxy) is 3. The molecule has 0 spiro atoms. The molecule has 0 amide bonds. The van der Waals surface area contributed by atoms with Gasteiger partial charge in [-0.25, -0.2) is 13.6 Å². The van der Waals surface area contributed by atoms with E-state index in [1.165, 1.54) is 51.1 Å². The van der Waals surface area contributed by atoms with Gasteiger partial charge in [0.25, 0.3) is 11.4 Å². The summed E-state index contributed by atoms with van der Waals surface area (Å²) in [6.07, 6.45) is -1.52. The van der Waals surface area contributed by atoms with Gasteiger partial charge in [0.15, 0.2) is 29.0 Å². The molecule has 0 heterocycles. The molecule has 3 rings (SSSR count). The first-order chi connectivity index (χ1) is 21.1. The number of hydrogen-bond donors (Lipinski definition) is 1. The van der Waals surface area contributed by atoms with Gasteiger partial charge in [-0.3, -0.25) is 29.8 Å². The van der Waals surface area contributed by atoms with Crippen molar-refractivity contribution in [1.29, 1.82) is 0 Å². The van der Waals surface area contributed by atoms with Crippen LogP contribution in [0.1, 0.15) is 58.2 Å². The molecule has 0 aliphatic rings. The van der Waals surface area contributed by atoms with Crippen LogP contribution in [0.3, 0.4) is 0 Å². The second kappa shape index (κ2) is 15.9. The highest BCUT2D eigenvalue weighted by atomic mass is 19.2. The van der Waals surface area contributed by atoms with Crippen LogP contribution >= 0.6 is 0 Å². The van der Waals surface area contributed by atoms with Crippen molar-refractivity contribution in [3.63, 3.8) is 0 Å². The second-order valence-corrected chi connectivity index (χ2v) is 8.80. The molecule has 0 atom stereocenters. The van der Waals surface area contributed by atoms with Crippen LogP contribution in [0.15, 0.2) is 36.4 Å². The van der Waals surface area contributed by atoms with Gasteiger partial charge in [-0.05, 0) is 32.9 Å². The average molecular weight is 640 g/mol. The van der Waals surface area contributed by atoms with Crippen LogP contribution in [-0.4, -0.2) is 39.3 Å². The number of hydrogen-bond acceptors (Lipinski definition) is 11. The Balaban J connectivity index is 0.000000420. The number of carbonyl (C=O) groups is 3. The summed E-state index contributed by atoms with van der Waals surface area (Å²) in [6.45, 7) is 1.32. The number of halogens is 4. The van der Waals surface area contributed by atoms with E-state index >= 15 is 0 Å². The van der Waals surface area contributed by atoms with Gasteiger partial charge in [-0.15, -0.1) is 0 Å². The van der Waals surface area contributed by atoms with E-state index in [0.29, 0.717) is 0 Å². The first-order valence-corrected chi connectivity index (χ1v) is 12.6. The highest BCUT2D eigenvalue weighted by molar-refractivity contribution is 5.95. The van der Waals surface area contributed by atoms with Crippen molar-refractivity contribution in [2.24, 2.45) is 0 Å². The van der Waals surface area contributed by atoms with E-state index in [0.717, 1.165) is 6.07 Å². The molecule has 0 saturated heterocycles. The molecule has 0 unspecified atom stereocenters. The van der Waals surface area contributed by atoms with Crippen molar-refractivity contribution in [2.45, 2.75) is 40.6 Å². The van der Waals surface area contributed by atoms with Crippen molar-refractivity contribution in [3.8, 4) is 5.75 Å². The Morgan fingerprint density at radius 3 is 1.62 bits per heavy atom. The molecule has 0 saturated carbocycles. The van der Waals surface area contributed by atoms with Crippen LogP contribution in [0.2, 0.25) is 0 Å². The molecule has 0 radical (unpaired) electrons. The van der Waals surface area contributed by atoms with Crippen molar-refractivity contribution in [2.75, 3.05) is 6.61 Å². The van der Waals surface area contributed by atoms with Gasteiger partial charge in [-0.1, -0.05) is 12.1 Å². The lowest BCUT2D eigenvalue weighted by molar-refractivity contribution is -0.386. The van der Waals surface area contributed by atoms with Gasteiger partial charge in [0.1, 0.15) is 13.2 Å². The molecular formula is C28H24F4N2O11. The van der Waals surface area contributed by atoms with Gasteiger partial charge < -0.3 is 19.3 Å². The van der Waals surface area contributed by atoms with Gasteiger partial charge in [0, 0.05) is 23.3 Å². The van der Waals surface area contributed by atoms with E-state index in [4.69, 9.17) is 5.11 Å². The first kappa shape index (κ1) is 35.7. The van der Waals surface area contributed by atoms with E-state index in [2.05, 4.69) is 14.2 Å². The van der Waals surface area contributed by atoms with E-state index in [-0.39, 0.29) is 40.3 Å². The third kappa shape index (κ3) is 9.02. The third-order valence-electron chi connectivity index (χ3n) is 5.83. The lowest BCUT2D eigenvalue weighted by atomic mass is 10.1. The number of nitrogens with zero attached hydrogens (tertiary/aromatic N) is 2. The zero-order valence-corrected chi connectivity index (χ0v) is 23.7. The minimum absolute atomic E-state index is 0.0588. The number of benzene rings is 3. The van der Waals surface area contributed by atoms with Crippen LogP contribution < -0.4 is 4.74 Å². The lowest BCUT2D eigenvalue weighted by Crippen LogP contribution is -2.13. The molecule has 0 aliphatic heterocycles. The smallest absolute Gasteiger partial charge is 0.488 e. The van der Waals surface area contributed by atoms with E-state index in [9.17, 15) is 52.2 Å². The van der Waals surface area contributed by atoms with Crippen LogP contribution in [0.4, 0.5) is 33.7 Å². The summed E-state index contributed by atoms with van der Waals surface area (Å²) >= 11 is 0. The van der Waals surface area contributed by atoms with Crippen molar-refractivity contribution in [1.82, 2.24) is 0 Å². The maximum absolute atomic E-state index is 14.0. The highest BCUT2D eigenvalue weighted by Crippen LogP contribution is 2.31. The minimum Gasteiger partial charge on any atom is -0.488 e. The molecule has 1 N–H and O–H groups in total. The summed E-state index contributed by atoms with van der Waals surface area (Å²) in [7, 11) is 0. The Hall–Kier alpha value is -5.45. The normalized spacial score (nSPS) is 10.3. The Kier molecular flexibility index (Phi) is 12.6. The Morgan fingerprint density at radius 2 is 1.20 bits per heavy atom. The largest absolute Gasteiger partial charge is 0.508 e. The summed E-state index contributed by atoms with van der Waals surface area (Å²) in [5.74, 6) is -9.13. The third-order valence-corrected chi connectivity index (χ3v) is 5.83. The lowest BCUT2D eigenvalue weighted by Gasteiger charge is -2.12. The molecular weight excluding hydrogens is 616 g/mol. The maximum Gasteiger partial charge on any atom is 0.508 e. The molecule has 240 valence electrons. The molecule has 45 heavy (non-hydrogen) atoms. The first-order valence-electron chi connectivity index (χ1n) is 12.6. The number of carbonyl (C=O) groups excluding carboxylic acids is 3. The quantitative estimate of drug-likeness (QED) is 0.0657. The highest BCUT2D eigenvalue weighted by Gasteiger charge is 2.27. The molecule has 3 aromatic rings. The number of Topliss-reactive ketones (excluding diaryl/α,β-unsaturated/α-hetero) is 2. The van der Waals surface area contributed by atoms with Gasteiger partial charge in [-0.2, -0.15) is 8.78 Å². The Morgan fingerprint density at radius 1 is 0.756 bits per heavy atom. The molecule has 0 bridgehead atoms. The molecule has 0 aromatic heterocycles. The van der Waals surface area contributed by atoms with Crippen molar-refractivity contribution < 1.29 is 61.1 Å². The summed E-state index contributed by atoms with van der Waals surface area (Å²) in [4.78, 5) is 54.2. The fourth-order valence-corrected chi connectivity index (χ4v) is 3.53. The monoisotopic (exact) mass is 640 g/mol. The standard InChI is InChI=1S/C19H15F4NO7.C9H9NO4/c1-3-29-18-16(22)14(20)12(15(21)17(18)23)8-31-19(26)30-7-11-5-4-10(9(2)25)6-13(11)24(27)28;1-6(12)7-2-3-8(5-11)9(4-7)10(13)14/h4-6H,3,7-8H2,1-2H3;2-4,11H,5H2,1H3. The predicted molar refractivity (Wildman–Crippen MR) is 145 cm³/mol. The molecule has 0 fully saturated rings. The van der Waals surface area contributed by atoms with E-state index in [1.54, 1.807) is 0 Å². The minimum atomic E-state index is -1.81. The molecule has 3 aromatic carbocycles. The summed E-state index contributed by atoms with van der Waals surface area (Å²) in [5, 5.41) is 30.5. The number of nitro benzene ring substituents is 2. The van der Waals surface area contributed by atoms with E-state index in [1.807, 2.05) is 0 Å².